The predicted octanol–water partition coefficient (Wildman–Crippen LogP) is -5.20. The lowest BCUT2D eigenvalue weighted by Gasteiger charge is -2.45. The number of rotatable bonds is 18. The molecule has 0 aliphatic carbocycles. The van der Waals surface area contributed by atoms with E-state index < -0.39 is 224 Å². The zero-order valence-electron chi connectivity index (χ0n) is 46.4. The zero-order valence-corrected chi connectivity index (χ0v) is 46.4. The quantitative estimate of drug-likeness (QED) is 0.0747. The molecule has 7 heterocycles. The standard InChI is InChI=1S/C48H84O30/c1-55-31-25(13-49)73-43(37(31)61-7)19-68-45(39(63-9)33(57-3)27(15-51)75-45)21-70-47(41(65-11)35(59-5)29(17-53)77-47)23-72-48(42(66-12)36(60-6)30(18-54)78-48)24-71-46(40(64-10)34(58-4)28(16-52)76-46)22-69-44(20-67-43)38(62-8)32(56-2)26(14-50)74-44/h25-42,49-54H,13-24H2,1-12H3/t25-,26-,27-,28-,29-,30-,31-,32-,33-,34-,35-,36-,37+,38+,39+,40+,41+,42+,43?,44?,45?,46?,47?,48?/m1/s1. The molecule has 0 saturated carbocycles. The van der Waals surface area contributed by atoms with E-state index in [0.29, 0.717) is 0 Å². The summed E-state index contributed by atoms with van der Waals surface area (Å²) >= 11 is 0. The monoisotopic (exact) mass is 1140 g/mol. The van der Waals surface area contributed by atoms with E-state index in [1.165, 1.54) is 85.3 Å². The minimum atomic E-state index is -2.16. The van der Waals surface area contributed by atoms with Gasteiger partial charge in [0.2, 0.25) is 34.7 Å². The maximum absolute atomic E-state index is 10.8. The van der Waals surface area contributed by atoms with Crippen LogP contribution in [0.2, 0.25) is 0 Å². The summed E-state index contributed by atoms with van der Waals surface area (Å²) < 4.78 is 154. The summed E-state index contributed by atoms with van der Waals surface area (Å²) in [6, 6.07) is 0. The van der Waals surface area contributed by atoms with Crippen LogP contribution in [0.4, 0.5) is 0 Å². The lowest BCUT2D eigenvalue weighted by Crippen LogP contribution is -2.63. The molecule has 6 N–H and O–H groups in total. The molecule has 0 aromatic carbocycles. The van der Waals surface area contributed by atoms with Crippen LogP contribution >= 0.6 is 0 Å². The highest BCUT2D eigenvalue weighted by Crippen LogP contribution is 2.49. The van der Waals surface area contributed by atoms with Crippen molar-refractivity contribution in [2.45, 2.75) is 145 Å². The third-order valence-electron chi connectivity index (χ3n) is 16.0. The maximum atomic E-state index is 10.8. The van der Waals surface area contributed by atoms with Crippen LogP contribution in [0.5, 0.6) is 0 Å². The Kier molecular flexibility index (Phi) is 22.5. The molecule has 456 valence electrons. The molecule has 30 heteroatoms. The molecule has 0 aromatic rings. The van der Waals surface area contributed by atoms with Gasteiger partial charge in [0, 0.05) is 85.3 Å². The normalized spacial score (nSPS) is 48.7. The second kappa shape index (κ2) is 27.2. The summed E-state index contributed by atoms with van der Waals surface area (Å²) in [5, 5.41) is 65.0. The van der Waals surface area contributed by atoms with E-state index in [1.807, 2.05) is 0 Å². The first kappa shape index (κ1) is 64.4. The molecular formula is C48H84O30. The van der Waals surface area contributed by atoms with E-state index >= 15 is 0 Å². The van der Waals surface area contributed by atoms with Gasteiger partial charge in [-0.1, -0.05) is 0 Å². The molecular weight excluding hydrogens is 1060 g/mol. The Hall–Kier alpha value is -1.20. The van der Waals surface area contributed by atoms with Crippen LogP contribution in [-0.4, -0.2) is 340 Å². The molecule has 6 spiro atoms. The highest BCUT2D eigenvalue weighted by Gasteiger charge is 2.69. The highest BCUT2D eigenvalue weighted by molar-refractivity contribution is 5.09. The molecule has 78 heavy (non-hydrogen) atoms. The Morgan fingerprint density at radius 1 is 0.244 bits per heavy atom. The molecule has 0 amide bonds. The number of aliphatic hydroxyl groups is 6. The minimum Gasteiger partial charge on any atom is -0.394 e. The van der Waals surface area contributed by atoms with Gasteiger partial charge in [0.15, 0.2) is 0 Å². The number of hydrogen-bond acceptors (Lipinski definition) is 30. The first-order valence-corrected chi connectivity index (χ1v) is 25.5. The van der Waals surface area contributed by atoms with Crippen molar-refractivity contribution in [2.75, 3.05) is 165 Å². The molecule has 7 rings (SSSR count). The fourth-order valence-corrected chi connectivity index (χ4v) is 12.4. The number of aliphatic hydroxyl groups excluding tert-OH is 6. The number of methoxy groups -OCH3 is 12. The first-order valence-electron chi connectivity index (χ1n) is 25.5. The van der Waals surface area contributed by atoms with E-state index in [2.05, 4.69) is 0 Å². The van der Waals surface area contributed by atoms with Gasteiger partial charge in [-0.05, 0) is 0 Å². The van der Waals surface area contributed by atoms with Gasteiger partial charge in [-0.15, -0.1) is 0 Å². The smallest absolute Gasteiger partial charge is 0.222 e. The van der Waals surface area contributed by atoms with Crippen molar-refractivity contribution in [1.29, 1.82) is 0 Å². The molecule has 24 atom stereocenters. The largest absolute Gasteiger partial charge is 0.394 e. The van der Waals surface area contributed by atoms with Crippen molar-refractivity contribution in [3.05, 3.63) is 0 Å². The van der Waals surface area contributed by atoms with Crippen molar-refractivity contribution in [3.63, 3.8) is 0 Å². The number of hydrogen-bond donors (Lipinski definition) is 6. The van der Waals surface area contributed by atoms with Crippen LogP contribution in [0, 0.1) is 0 Å². The van der Waals surface area contributed by atoms with Crippen LogP contribution in [0.3, 0.4) is 0 Å². The van der Waals surface area contributed by atoms with Gasteiger partial charge in [0.25, 0.3) is 0 Å². The van der Waals surface area contributed by atoms with E-state index in [-0.39, 0.29) is 0 Å². The van der Waals surface area contributed by atoms with Crippen LogP contribution in [0.1, 0.15) is 0 Å². The van der Waals surface area contributed by atoms with Crippen molar-refractivity contribution in [2.24, 2.45) is 0 Å². The first-order chi connectivity index (χ1) is 37.6. The molecule has 0 bridgehead atoms. The van der Waals surface area contributed by atoms with Crippen molar-refractivity contribution in [1.82, 2.24) is 0 Å². The zero-order chi connectivity index (χ0) is 56.8. The van der Waals surface area contributed by atoms with Crippen LogP contribution in [0.25, 0.3) is 0 Å². The van der Waals surface area contributed by atoms with Crippen molar-refractivity contribution in [3.8, 4) is 0 Å². The van der Waals surface area contributed by atoms with Crippen LogP contribution < -0.4 is 0 Å². The van der Waals surface area contributed by atoms with Gasteiger partial charge < -0.3 is 144 Å². The van der Waals surface area contributed by atoms with Crippen molar-refractivity contribution < 1.29 is 144 Å². The fraction of sp³-hybridized carbons (Fsp3) is 1.00. The van der Waals surface area contributed by atoms with Crippen LogP contribution in [-0.2, 0) is 114 Å². The van der Waals surface area contributed by atoms with E-state index in [9.17, 15) is 30.6 Å². The lowest BCUT2D eigenvalue weighted by molar-refractivity contribution is -0.403. The SMILES string of the molecule is CO[C@@H]1[C@@H](CO)OC2(COC3(COC4(COC5(COC6(COC7(CO2)O[C@H](CO)[C@@H](OC)[C@@H]7OC)O[C@H](CO)[C@@H](OC)[C@@H]6OC)O[C@H](CO)[C@@H](OC)[C@@H]5OC)O[C@H](CO)[C@@H](OC)[C@@H]4OC)O[C@H](CO)[C@@H](OC)[C@@H]3OC)[C@H]1OC. The van der Waals surface area contributed by atoms with E-state index in [1.54, 1.807) is 0 Å². The Bertz CT molecular complexity index is 1470. The summed E-state index contributed by atoms with van der Waals surface area (Å²) in [6.07, 6.45) is -20.7. The summed E-state index contributed by atoms with van der Waals surface area (Å²) in [6.45, 7) is -7.90. The van der Waals surface area contributed by atoms with Gasteiger partial charge in [0.1, 0.15) is 150 Å². The maximum Gasteiger partial charge on any atom is 0.222 e. The van der Waals surface area contributed by atoms with Crippen molar-refractivity contribution >= 4 is 0 Å². The molecule has 7 fully saturated rings. The predicted molar refractivity (Wildman–Crippen MR) is 253 cm³/mol. The summed E-state index contributed by atoms with van der Waals surface area (Å²) in [5.41, 5.74) is 0. The minimum absolute atomic E-state index is 0.614. The Morgan fingerprint density at radius 3 is 0.462 bits per heavy atom. The Morgan fingerprint density at radius 2 is 0.372 bits per heavy atom. The summed E-state index contributed by atoms with van der Waals surface area (Å²) in [7, 11) is 16.4. The summed E-state index contributed by atoms with van der Waals surface area (Å²) in [4.78, 5) is 0. The fourth-order valence-electron chi connectivity index (χ4n) is 12.4. The highest BCUT2D eigenvalue weighted by atomic mass is 16.9. The molecule has 7 saturated heterocycles. The molecule has 7 aliphatic heterocycles. The van der Waals surface area contributed by atoms with Gasteiger partial charge >= 0.3 is 0 Å². The Balaban J connectivity index is 1.48. The second-order valence-electron chi connectivity index (χ2n) is 19.8. The Labute approximate surface area is 452 Å². The molecule has 6 unspecified atom stereocenters. The van der Waals surface area contributed by atoms with Gasteiger partial charge in [-0.25, -0.2) is 0 Å². The van der Waals surface area contributed by atoms with Gasteiger partial charge in [0.05, 0.1) is 39.6 Å². The third kappa shape index (κ3) is 11.2. The average Bonchev–Trinajstić information content (AvgIpc) is 4.33. The third-order valence-corrected chi connectivity index (χ3v) is 16.0. The van der Waals surface area contributed by atoms with Gasteiger partial charge in [-0.3, -0.25) is 0 Å². The lowest BCUT2D eigenvalue weighted by atomic mass is 10.0. The van der Waals surface area contributed by atoms with Gasteiger partial charge in [-0.2, -0.15) is 0 Å². The second-order valence-corrected chi connectivity index (χ2v) is 19.8. The summed E-state index contributed by atoms with van der Waals surface area (Å²) in [5.74, 6) is -13.0. The molecule has 30 nitrogen and oxygen atoms in total. The van der Waals surface area contributed by atoms with E-state index in [0.717, 1.165) is 0 Å². The average molecular weight is 1140 g/mol. The molecule has 0 aromatic heterocycles. The molecule has 7 aliphatic rings. The topological polar surface area (TPSA) is 343 Å². The number of ether oxygens (including phenoxy) is 24. The molecule has 0 radical (unpaired) electrons. The van der Waals surface area contributed by atoms with E-state index in [4.69, 9.17) is 114 Å². The van der Waals surface area contributed by atoms with Crippen LogP contribution in [0.15, 0.2) is 0 Å².